The Kier molecular flexibility index (Phi) is 3.74. The van der Waals surface area contributed by atoms with Crippen LogP contribution in [0.2, 0.25) is 10.0 Å². The second-order valence-electron chi connectivity index (χ2n) is 1.95. The summed E-state index contributed by atoms with van der Waals surface area (Å²) in [5, 5.41) is 0.658. The quantitative estimate of drug-likeness (QED) is 0.616. The molecular weight excluding hydrogens is 314 g/mol. The summed E-state index contributed by atoms with van der Waals surface area (Å²) in [6, 6.07) is 3.31. The van der Waals surface area contributed by atoms with Crippen LogP contribution in [0.5, 0.6) is 5.75 Å². The number of ether oxygens (including phenoxy) is 1. The topological polar surface area (TPSA) is 26.3 Å². The van der Waals surface area contributed by atoms with Gasteiger partial charge in [0.05, 0.1) is 15.7 Å². The Bertz CT molecular complexity index is 315. The van der Waals surface area contributed by atoms with Gasteiger partial charge in [0, 0.05) is 0 Å². The first-order valence-electron chi connectivity index (χ1n) is 2.99. The third-order valence-electron chi connectivity index (χ3n) is 1.30. The van der Waals surface area contributed by atoms with Crippen LogP contribution in [0.4, 0.5) is 0 Å². The summed E-state index contributed by atoms with van der Waals surface area (Å²) in [7, 11) is 1.50. The van der Waals surface area contributed by atoms with Crippen molar-refractivity contribution < 1.29 is 7.81 Å². The highest BCUT2D eigenvalue weighted by Crippen LogP contribution is 2.35. The van der Waals surface area contributed by atoms with Gasteiger partial charge in [0.25, 0.3) is 0 Å². The zero-order chi connectivity index (χ0) is 9.14. The largest absolute Gasteiger partial charge is 0.495 e. The Balaban J connectivity index is 3.29. The lowest BCUT2D eigenvalue weighted by Gasteiger charge is -2.04. The molecule has 0 heterocycles. The van der Waals surface area contributed by atoms with Gasteiger partial charge < -0.3 is 4.74 Å². The van der Waals surface area contributed by atoms with E-state index in [-0.39, 0.29) is 0 Å². The normalized spacial score (nSPS) is 9.92. The Morgan fingerprint density at radius 2 is 2.00 bits per heavy atom. The molecule has 0 aliphatic carbocycles. The van der Waals surface area contributed by atoms with E-state index >= 15 is 0 Å². The second kappa shape index (κ2) is 4.39. The van der Waals surface area contributed by atoms with Crippen LogP contribution in [0.3, 0.4) is 0 Å². The molecule has 0 radical (unpaired) electrons. The molecule has 0 unspecified atom stereocenters. The van der Waals surface area contributed by atoms with Crippen LogP contribution in [0.1, 0.15) is 0 Å². The van der Waals surface area contributed by atoms with Gasteiger partial charge in [-0.25, -0.2) is 0 Å². The molecule has 1 aromatic carbocycles. The third kappa shape index (κ3) is 1.89. The molecule has 0 aliphatic heterocycles. The standard InChI is InChI=1S/C7H5Cl2IO2/c1-12-5-3-2-4(10-11)6(8)7(5)9/h2-3H,1H3. The molecule has 0 aliphatic rings. The van der Waals surface area contributed by atoms with E-state index in [0.717, 1.165) is 0 Å². The number of hydrogen-bond acceptors (Lipinski definition) is 2. The van der Waals surface area contributed by atoms with Crippen LogP contribution < -0.4 is 4.74 Å². The SMILES string of the molecule is COc1ccc(I=O)c(Cl)c1Cl. The maximum Gasteiger partial charge on any atom is 0.183 e. The molecule has 12 heavy (non-hydrogen) atoms. The molecule has 1 rings (SSSR count). The van der Waals surface area contributed by atoms with Crippen LogP contribution in [0, 0.1) is 3.57 Å². The van der Waals surface area contributed by atoms with Crippen molar-refractivity contribution in [3.8, 4) is 5.75 Å². The monoisotopic (exact) mass is 318 g/mol. The molecule has 0 bridgehead atoms. The first-order valence-corrected chi connectivity index (χ1v) is 5.71. The van der Waals surface area contributed by atoms with Crippen molar-refractivity contribution in [3.05, 3.63) is 25.7 Å². The number of methoxy groups -OCH3 is 1. The number of halogens is 3. The molecule has 1 aromatic rings. The summed E-state index contributed by atoms with van der Waals surface area (Å²) < 4.78 is 16.1. The molecule has 0 N–H and O–H groups in total. The minimum atomic E-state index is -1.27. The lowest BCUT2D eigenvalue weighted by atomic mass is 10.3. The van der Waals surface area contributed by atoms with E-state index in [4.69, 9.17) is 27.9 Å². The van der Waals surface area contributed by atoms with Crippen molar-refractivity contribution in [1.29, 1.82) is 0 Å². The Morgan fingerprint density at radius 1 is 1.33 bits per heavy atom. The van der Waals surface area contributed by atoms with Gasteiger partial charge >= 0.3 is 0 Å². The zero-order valence-corrected chi connectivity index (χ0v) is 9.77. The van der Waals surface area contributed by atoms with Crippen LogP contribution in [-0.2, 0) is 3.07 Å². The highest BCUT2D eigenvalue weighted by molar-refractivity contribution is 14.1. The molecular formula is C7H5Cl2IO2. The Morgan fingerprint density at radius 3 is 2.50 bits per heavy atom. The fourth-order valence-corrected chi connectivity index (χ4v) is 2.27. The lowest BCUT2D eigenvalue weighted by molar-refractivity contribution is 0.415. The minimum absolute atomic E-state index is 0.326. The number of benzene rings is 1. The smallest absolute Gasteiger partial charge is 0.183 e. The number of rotatable bonds is 2. The molecule has 0 saturated heterocycles. The molecule has 2 nitrogen and oxygen atoms in total. The summed E-state index contributed by atoms with van der Waals surface area (Å²) >= 11 is 10.3. The summed E-state index contributed by atoms with van der Waals surface area (Å²) in [4.78, 5) is 0. The second-order valence-corrected chi connectivity index (χ2v) is 4.31. The van der Waals surface area contributed by atoms with Gasteiger partial charge in [-0.3, -0.25) is 3.07 Å². The summed E-state index contributed by atoms with van der Waals surface area (Å²) in [6.45, 7) is 0. The van der Waals surface area contributed by atoms with Gasteiger partial charge in [0.1, 0.15) is 10.8 Å². The van der Waals surface area contributed by atoms with Crippen molar-refractivity contribution in [2.75, 3.05) is 7.11 Å². The van der Waals surface area contributed by atoms with Crippen LogP contribution >= 0.6 is 44.4 Å². The van der Waals surface area contributed by atoms with Gasteiger partial charge in [0.2, 0.25) is 0 Å². The van der Waals surface area contributed by atoms with Gasteiger partial charge in [-0.15, -0.1) is 0 Å². The molecule has 0 atom stereocenters. The maximum atomic E-state index is 10.6. The van der Waals surface area contributed by atoms with Crippen LogP contribution in [-0.4, -0.2) is 7.11 Å². The van der Waals surface area contributed by atoms with Crippen molar-refractivity contribution in [2.24, 2.45) is 0 Å². The molecule has 0 spiro atoms. The van der Waals surface area contributed by atoms with E-state index in [1.165, 1.54) is 7.11 Å². The minimum Gasteiger partial charge on any atom is -0.495 e. The lowest BCUT2D eigenvalue weighted by Crippen LogP contribution is -1.86. The van der Waals surface area contributed by atoms with E-state index in [0.29, 0.717) is 19.4 Å². The predicted octanol–water partition coefficient (Wildman–Crippen LogP) is 3.49. The molecule has 66 valence electrons. The van der Waals surface area contributed by atoms with E-state index in [1.807, 2.05) is 0 Å². The fraction of sp³-hybridized carbons (Fsp3) is 0.143. The van der Waals surface area contributed by atoms with Crippen molar-refractivity contribution in [2.45, 2.75) is 0 Å². The van der Waals surface area contributed by atoms with Crippen LogP contribution in [0.25, 0.3) is 0 Å². The predicted molar refractivity (Wildman–Crippen MR) is 56.4 cm³/mol. The van der Waals surface area contributed by atoms with E-state index in [2.05, 4.69) is 0 Å². The van der Waals surface area contributed by atoms with E-state index in [9.17, 15) is 3.07 Å². The average Bonchev–Trinajstić information content (AvgIpc) is 2.10. The molecule has 0 aromatic heterocycles. The van der Waals surface area contributed by atoms with E-state index in [1.54, 1.807) is 12.1 Å². The van der Waals surface area contributed by atoms with Gasteiger partial charge in [-0.05, 0) is 12.1 Å². The summed E-state index contributed by atoms with van der Waals surface area (Å²) in [5.74, 6) is 0.503. The molecule has 0 saturated carbocycles. The highest BCUT2D eigenvalue weighted by Gasteiger charge is 2.09. The maximum absolute atomic E-state index is 10.6. The third-order valence-corrected chi connectivity index (χ3v) is 3.86. The molecule has 0 fully saturated rings. The number of hydrogen-bond donors (Lipinski definition) is 0. The zero-order valence-electron chi connectivity index (χ0n) is 6.11. The molecule has 5 heteroatoms. The highest BCUT2D eigenvalue weighted by atomic mass is 127. The van der Waals surface area contributed by atoms with Gasteiger partial charge in [-0.1, -0.05) is 23.2 Å². The Hall–Kier alpha value is 0.130. The summed E-state index contributed by atoms with van der Waals surface area (Å²) in [5.41, 5.74) is 0. The summed E-state index contributed by atoms with van der Waals surface area (Å²) in [6.07, 6.45) is 0. The van der Waals surface area contributed by atoms with Gasteiger partial charge in [-0.2, -0.15) is 0 Å². The van der Waals surface area contributed by atoms with E-state index < -0.39 is 21.2 Å². The van der Waals surface area contributed by atoms with Crippen molar-refractivity contribution in [3.63, 3.8) is 0 Å². The first-order chi connectivity index (χ1) is 5.70. The molecule has 0 amide bonds. The average molecular weight is 319 g/mol. The van der Waals surface area contributed by atoms with Gasteiger partial charge in [0.15, 0.2) is 21.2 Å². The fourth-order valence-electron chi connectivity index (χ4n) is 0.725. The first kappa shape index (κ1) is 10.2. The van der Waals surface area contributed by atoms with Crippen LogP contribution in [0.15, 0.2) is 12.1 Å². The van der Waals surface area contributed by atoms with Crippen molar-refractivity contribution in [1.82, 2.24) is 0 Å². The van der Waals surface area contributed by atoms with Crippen molar-refractivity contribution >= 4 is 44.4 Å². The Labute approximate surface area is 90.5 Å².